The van der Waals surface area contributed by atoms with Crippen molar-refractivity contribution in [3.8, 4) is 5.69 Å². The maximum Gasteiger partial charge on any atom is 0.0724 e. The molecule has 3 aromatic rings. The molecule has 5 nitrogen and oxygen atoms in total. The SMILES string of the molecule is Cc1cnc(CNCc2cnn(-c3ccccc3)c2)cn1. The Morgan fingerprint density at radius 1 is 1.00 bits per heavy atom. The standard InChI is InChI=1S/C16H17N5/c1-13-7-19-15(11-18-13)10-17-8-14-9-20-21(12-14)16-5-3-2-4-6-16/h2-7,9,11-12,17H,8,10H2,1H3. The van der Waals surface area contributed by atoms with Crippen LogP contribution in [0.4, 0.5) is 0 Å². The largest absolute Gasteiger partial charge is 0.307 e. The van der Waals surface area contributed by atoms with Crippen LogP contribution < -0.4 is 5.32 Å². The molecule has 0 fully saturated rings. The number of hydrogen-bond donors (Lipinski definition) is 1. The van der Waals surface area contributed by atoms with Gasteiger partial charge in [0, 0.05) is 37.2 Å². The number of benzene rings is 1. The highest BCUT2D eigenvalue weighted by atomic mass is 15.3. The molecule has 0 amide bonds. The van der Waals surface area contributed by atoms with Gasteiger partial charge in [0.15, 0.2) is 0 Å². The van der Waals surface area contributed by atoms with Gasteiger partial charge in [-0.05, 0) is 19.1 Å². The average molecular weight is 279 g/mol. The van der Waals surface area contributed by atoms with Gasteiger partial charge >= 0.3 is 0 Å². The molecule has 2 heterocycles. The summed E-state index contributed by atoms with van der Waals surface area (Å²) >= 11 is 0. The minimum absolute atomic E-state index is 0.698. The first kappa shape index (κ1) is 13.5. The third kappa shape index (κ3) is 3.52. The predicted molar refractivity (Wildman–Crippen MR) is 80.9 cm³/mol. The Morgan fingerprint density at radius 3 is 2.62 bits per heavy atom. The smallest absolute Gasteiger partial charge is 0.0724 e. The molecule has 106 valence electrons. The Kier molecular flexibility index (Phi) is 4.02. The number of para-hydroxylation sites is 1. The van der Waals surface area contributed by atoms with Crippen molar-refractivity contribution in [2.24, 2.45) is 0 Å². The Hall–Kier alpha value is -2.53. The molecule has 5 heteroatoms. The number of aryl methyl sites for hydroxylation is 1. The molecule has 0 aliphatic rings. The molecule has 1 aromatic carbocycles. The second-order valence-corrected chi connectivity index (χ2v) is 4.88. The fourth-order valence-corrected chi connectivity index (χ4v) is 2.02. The maximum atomic E-state index is 4.37. The van der Waals surface area contributed by atoms with Crippen LogP contribution in [-0.4, -0.2) is 19.7 Å². The molecule has 0 saturated heterocycles. The van der Waals surface area contributed by atoms with Gasteiger partial charge in [-0.15, -0.1) is 0 Å². The first-order valence-electron chi connectivity index (χ1n) is 6.88. The van der Waals surface area contributed by atoms with Gasteiger partial charge in [-0.25, -0.2) is 4.68 Å². The molecular formula is C16H17N5. The number of nitrogens with zero attached hydrogens (tertiary/aromatic N) is 4. The fourth-order valence-electron chi connectivity index (χ4n) is 2.02. The second-order valence-electron chi connectivity index (χ2n) is 4.88. The number of nitrogens with one attached hydrogen (secondary N) is 1. The lowest BCUT2D eigenvalue weighted by atomic mass is 10.3. The molecule has 0 atom stereocenters. The molecule has 3 rings (SSSR count). The molecule has 0 bridgehead atoms. The van der Waals surface area contributed by atoms with Crippen LogP contribution in [0.2, 0.25) is 0 Å². The quantitative estimate of drug-likeness (QED) is 0.778. The molecule has 0 saturated carbocycles. The zero-order valence-electron chi connectivity index (χ0n) is 11.9. The van der Waals surface area contributed by atoms with E-state index in [2.05, 4.69) is 20.4 Å². The summed E-state index contributed by atoms with van der Waals surface area (Å²) in [7, 11) is 0. The van der Waals surface area contributed by atoms with Crippen molar-refractivity contribution in [1.82, 2.24) is 25.1 Å². The lowest BCUT2D eigenvalue weighted by molar-refractivity contribution is 0.675. The summed E-state index contributed by atoms with van der Waals surface area (Å²) in [4.78, 5) is 8.55. The third-order valence-electron chi connectivity index (χ3n) is 3.13. The van der Waals surface area contributed by atoms with Gasteiger partial charge in [0.25, 0.3) is 0 Å². The highest BCUT2D eigenvalue weighted by Crippen LogP contribution is 2.07. The Balaban J connectivity index is 1.57. The van der Waals surface area contributed by atoms with Gasteiger partial charge in [-0.3, -0.25) is 9.97 Å². The maximum absolute atomic E-state index is 4.37. The average Bonchev–Trinajstić information content (AvgIpc) is 2.99. The topological polar surface area (TPSA) is 55.6 Å². The van der Waals surface area contributed by atoms with Gasteiger partial charge in [-0.2, -0.15) is 5.10 Å². The van der Waals surface area contributed by atoms with E-state index in [1.807, 2.05) is 54.3 Å². The highest BCUT2D eigenvalue weighted by Gasteiger charge is 2.01. The molecule has 1 N–H and O–H groups in total. The minimum atomic E-state index is 0.698. The van der Waals surface area contributed by atoms with Crippen molar-refractivity contribution >= 4 is 0 Å². The lowest BCUT2D eigenvalue weighted by Crippen LogP contribution is -2.13. The van der Waals surface area contributed by atoms with Crippen LogP contribution in [0.3, 0.4) is 0 Å². The van der Waals surface area contributed by atoms with E-state index < -0.39 is 0 Å². The van der Waals surface area contributed by atoms with Crippen molar-refractivity contribution in [2.75, 3.05) is 0 Å². The molecule has 2 aromatic heterocycles. The van der Waals surface area contributed by atoms with Crippen LogP contribution in [0.25, 0.3) is 5.69 Å². The van der Waals surface area contributed by atoms with Crippen molar-refractivity contribution in [3.63, 3.8) is 0 Å². The molecule has 0 unspecified atom stereocenters. The van der Waals surface area contributed by atoms with Crippen LogP contribution in [0, 0.1) is 6.92 Å². The van der Waals surface area contributed by atoms with Crippen molar-refractivity contribution in [3.05, 3.63) is 72.1 Å². The normalized spacial score (nSPS) is 10.7. The van der Waals surface area contributed by atoms with Gasteiger partial charge < -0.3 is 5.32 Å². The van der Waals surface area contributed by atoms with Crippen LogP contribution in [0.15, 0.2) is 55.1 Å². The summed E-state index contributed by atoms with van der Waals surface area (Å²) in [5, 5.41) is 7.72. The second kappa shape index (κ2) is 6.28. The Labute approximate surface area is 123 Å². The highest BCUT2D eigenvalue weighted by molar-refractivity contribution is 5.30. The predicted octanol–water partition coefficient (Wildman–Crippen LogP) is 2.26. The molecule has 0 aliphatic carbocycles. The minimum Gasteiger partial charge on any atom is -0.307 e. The van der Waals surface area contributed by atoms with E-state index in [0.29, 0.717) is 6.54 Å². The van der Waals surface area contributed by atoms with Crippen LogP contribution in [0.5, 0.6) is 0 Å². The molecule has 0 radical (unpaired) electrons. The number of hydrogen-bond acceptors (Lipinski definition) is 4. The van der Waals surface area contributed by atoms with Gasteiger partial charge in [0.1, 0.15) is 0 Å². The van der Waals surface area contributed by atoms with Crippen LogP contribution in [-0.2, 0) is 13.1 Å². The van der Waals surface area contributed by atoms with Crippen LogP contribution >= 0.6 is 0 Å². The van der Waals surface area contributed by atoms with E-state index in [1.54, 1.807) is 12.4 Å². The number of rotatable bonds is 5. The summed E-state index contributed by atoms with van der Waals surface area (Å²) < 4.78 is 1.88. The number of aromatic nitrogens is 4. The molecule has 0 aliphatic heterocycles. The summed E-state index contributed by atoms with van der Waals surface area (Å²) in [5.41, 5.74) is 4.08. The first-order valence-corrected chi connectivity index (χ1v) is 6.88. The van der Waals surface area contributed by atoms with Gasteiger partial charge in [0.05, 0.1) is 23.3 Å². The Bertz CT molecular complexity index is 688. The summed E-state index contributed by atoms with van der Waals surface area (Å²) in [6, 6.07) is 10.1. The molecular weight excluding hydrogens is 262 g/mol. The van der Waals surface area contributed by atoms with E-state index >= 15 is 0 Å². The van der Waals surface area contributed by atoms with E-state index in [9.17, 15) is 0 Å². The van der Waals surface area contributed by atoms with E-state index in [-0.39, 0.29) is 0 Å². The zero-order valence-corrected chi connectivity index (χ0v) is 11.9. The molecule has 0 spiro atoms. The van der Waals surface area contributed by atoms with E-state index in [1.165, 1.54) is 0 Å². The van der Waals surface area contributed by atoms with Gasteiger partial charge in [0.2, 0.25) is 0 Å². The van der Waals surface area contributed by atoms with Gasteiger partial charge in [-0.1, -0.05) is 18.2 Å². The zero-order chi connectivity index (χ0) is 14.5. The first-order chi connectivity index (χ1) is 10.3. The fraction of sp³-hybridized carbons (Fsp3) is 0.188. The Morgan fingerprint density at radius 2 is 1.86 bits per heavy atom. The third-order valence-corrected chi connectivity index (χ3v) is 3.13. The van der Waals surface area contributed by atoms with Crippen molar-refractivity contribution in [1.29, 1.82) is 0 Å². The van der Waals surface area contributed by atoms with Crippen LogP contribution in [0.1, 0.15) is 17.0 Å². The van der Waals surface area contributed by atoms with Crippen molar-refractivity contribution in [2.45, 2.75) is 20.0 Å². The molecule has 21 heavy (non-hydrogen) atoms. The van der Waals surface area contributed by atoms with E-state index in [4.69, 9.17) is 0 Å². The van der Waals surface area contributed by atoms with Crippen molar-refractivity contribution < 1.29 is 0 Å². The summed E-state index contributed by atoms with van der Waals surface area (Å²) in [6.07, 6.45) is 7.49. The summed E-state index contributed by atoms with van der Waals surface area (Å²) in [5.74, 6) is 0. The summed E-state index contributed by atoms with van der Waals surface area (Å²) in [6.45, 7) is 3.38. The van der Waals surface area contributed by atoms with E-state index in [0.717, 1.165) is 29.2 Å². The monoisotopic (exact) mass is 279 g/mol. The lowest BCUT2D eigenvalue weighted by Gasteiger charge is -2.02.